The monoisotopic (exact) mass is 425 g/mol. The maximum atomic E-state index is 12.7. The SMILES string of the molecule is CN(NC(=O)CC12CC3CC(CC(C3)C1)C2)C(=S)Nc1ccc(Cl)cc1Cl. The first kappa shape index (κ1) is 19.3. The molecule has 0 heterocycles. The lowest BCUT2D eigenvalue weighted by Gasteiger charge is -2.56. The third kappa shape index (κ3) is 4.20. The van der Waals surface area contributed by atoms with Crippen LogP contribution in [0, 0.1) is 23.2 Å². The van der Waals surface area contributed by atoms with Crippen molar-refractivity contribution in [3.8, 4) is 0 Å². The molecule has 4 fully saturated rings. The molecule has 7 heteroatoms. The predicted molar refractivity (Wildman–Crippen MR) is 114 cm³/mol. The maximum absolute atomic E-state index is 12.7. The topological polar surface area (TPSA) is 44.4 Å². The van der Waals surface area contributed by atoms with Crippen LogP contribution in [0.25, 0.3) is 0 Å². The number of carbonyl (C=O) groups is 1. The van der Waals surface area contributed by atoms with E-state index in [1.165, 1.54) is 38.5 Å². The van der Waals surface area contributed by atoms with E-state index in [0.29, 0.717) is 27.3 Å². The highest BCUT2D eigenvalue weighted by molar-refractivity contribution is 7.80. The summed E-state index contributed by atoms with van der Waals surface area (Å²) >= 11 is 17.5. The number of carbonyl (C=O) groups excluding carboxylic acids is 1. The van der Waals surface area contributed by atoms with Crippen molar-refractivity contribution >= 4 is 52.1 Å². The quantitative estimate of drug-likeness (QED) is 0.511. The smallest absolute Gasteiger partial charge is 0.239 e. The Morgan fingerprint density at radius 2 is 1.78 bits per heavy atom. The van der Waals surface area contributed by atoms with Gasteiger partial charge < -0.3 is 5.32 Å². The molecule has 0 aliphatic heterocycles. The highest BCUT2D eigenvalue weighted by Crippen LogP contribution is 2.61. The van der Waals surface area contributed by atoms with Crippen molar-refractivity contribution in [2.45, 2.75) is 44.9 Å². The van der Waals surface area contributed by atoms with E-state index < -0.39 is 0 Å². The fourth-order valence-corrected chi connectivity index (χ4v) is 6.53. The molecule has 0 atom stereocenters. The van der Waals surface area contributed by atoms with Crippen LogP contribution in [-0.4, -0.2) is 23.1 Å². The number of nitrogens with one attached hydrogen (secondary N) is 2. The van der Waals surface area contributed by atoms with E-state index in [1.807, 2.05) is 0 Å². The van der Waals surface area contributed by atoms with Crippen molar-refractivity contribution in [3.05, 3.63) is 28.2 Å². The third-order valence-electron chi connectivity index (χ3n) is 6.47. The second-order valence-electron chi connectivity index (χ2n) is 8.74. The second-order valence-corrected chi connectivity index (χ2v) is 9.97. The zero-order chi connectivity index (χ0) is 19.2. The number of anilines is 1. The van der Waals surface area contributed by atoms with E-state index in [0.717, 1.165) is 17.8 Å². The third-order valence-corrected chi connectivity index (χ3v) is 7.39. The van der Waals surface area contributed by atoms with Gasteiger partial charge in [-0.2, -0.15) is 0 Å². The molecule has 0 radical (unpaired) electrons. The highest BCUT2D eigenvalue weighted by Gasteiger charge is 2.51. The highest BCUT2D eigenvalue weighted by atomic mass is 35.5. The summed E-state index contributed by atoms with van der Waals surface area (Å²) in [5.41, 5.74) is 3.80. The van der Waals surface area contributed by atoms with E-state index in [-0.39, 0.29) is 11.3 Å². The summed E-state index contributed by atoms with van der Waals surface area (Å²) in [6.07, 6.45) is 8.42. The van der Waals surface area contributed by atoms with Gasteiger partial charge in [0.25, 0.3) is 0 Å². The molecular formula is C20H25Cl2N3OS. The van der Waals surface area contributed by atoms with Crippen molar-refractivity contribution in [2.24, 2.45) is 23.2 Å². The van der Waals surface area contributed by atoms with Crippen LogP contribution >= 0.6 is 35.4 Å². The van der Waals surface area contributed by atoms with Gasteiger partial charge in [-0.05, 0) is 92.1 Å². The summed E-state index contributed by atoms with van der Waals surface area (Å²) in [6.45, 7) is 0. The van der Waals surface area contributed by atoms with Crippen molar-refractivity contribution in [3.63, 3.8) is 0 Å². The molecule has 0 saturated heterocycles. The molecule has 1 aromatic rings. The van der Waals surface area contributed by atoms with Crippen molar-refractivity contribution in [1.29, 1.82) is 0 Å². The Hall–Kier alpha value is -1.04. The van der Waals surface area contributed by atoms with Gasteiger partial charge in [0.1, 0.15) is 0 Å². The van der Waals surface area contributed by atoms with E-state index in [9.17, 15) is 4.79 Å². The van der Waals surface area contributed by atoms with Crippen LogP contribution in [-0.2, 0) is 4.79 Å². The minimum absolute atomic E-state index is 0.0470. The summed E-state index contributed by atoms with van der Waals surface area (Å²) < 4.78 is 0. The number of benzene rings is 1. The molecule has 1 aromatic carbocycles. The van der Waals surface area contributed by atoms with E-state index in [4.69, 9.17) is 35.4 Å². The van der Waals surface area contributed by atoms with Crippen molar-refractivity contribution in [2.75, 3.05) is 12.4 Å². The largest absolute Gasteiger partial charge is 0.330 e. The molecular weight excluding hydrogens is 401 g/mol. The number of thiocarbonyl (C=S) groups is 1. The summed E-state index contributed by atoms with van der Waals surface area (Å²) in [5, 5.41) is 6.05. The van der Waals surface area contributed by atoms with E-state index >= 15 is 0 Å². The van der Waals surface area contributed by atoms with Crippen molar-refractivity contribution < 1.29 is 4.79 Å². The number of hydrazine groups is 1. The predicted octanol–water partition coefficient (Wildman–Crippen LogP) is 5.26. The Morgan fingerprint density at radius 3 is 2.33 bits per heavy atom. The Kier molecular flexibility index (Phi) is 5.30. The van der Waals surface area contributed by atoms with Gasteiger partial charge in [-0.1, -0.05) is 23.2 Å². The van der Waals surface area contributed by atoms with Crippen LogP contribution in [0.1, 0.15) is 44.9 Å². The zero-order valence-electron chi connectivity index (χ0n) is 15.4. The zero-order valence-corrected chi connectivity index (χ0v) is 17.8. The van der Waals surface area contributed by atoms with Gasteiger partial charge in [0.05, 0.1) is 10.7 Å². The lowest BCUT2D eigenvalue weighted by molar-refractivity contribution is -0.132. The normalized spacial score (nSPS) is 30.9. The Labute approximate surface area is 175 Å². The lowest BCUT2D eigenvalue weighted by Crippen LogP contribution is -2.50. The average Bonchev–Trinajstić information content (AvgIpc) is 2.55. The van der Waals surface area contributed by atoms with Gasteiger partial charge in [0.15, 0.2) is 5.11 Å². The van der Waals surface area contributed by atoms with Crippen LogP contribution in [0.3, 0.4) is 0 Å². The molecule has 2 N–H and O–H groups in total. The fraction of sp³-hybridized carbons (Fsp3) is 0.600. The molecule has 4 saturated carbocycles. The summed E-state index contributed by atoms with van der Waals surface area (Å²) in [5.74, 6) is 2.58. The van der Waals surface area contributed by atoms with Crippen LogP contribution in [0.4, 0.5) is 5.69 Å². The van der Waals surface area contributed by atoms with Crippen LogP contribution in [0.15, 0.2) is 18.2 Å². The van der Waals surface area contributed by atoms with Gasteiger partial charge in [0, 0.05) is 18.5 Å². The average molecular weight is 426 g/mol. The van der Waals surface area contributed by atoms with E-state index in [1.54, 1.807) is 30.3 Å². The molecule has 0 aromatic heterocycles. The van der Waals surface area contributed by atoms with Gasteiger partial charge in [-0.15, -0.1) is 0 Å². The summed E-state index contributed by atoms with van der Waals surface area (Å²) in [7, 11) is 1.75. The molecule has 0 unspecified atom stereocenters. The molecule has 4 aliphatic carbocycles. The summed E-state index contributed by atoms with van der Waals surface area (Å²) in [4.78, 5) is 12.7. The van der Waals surface area contributed by atoms with E-state index in [2.05, 4.69) is 10.7 Å². The number of hydrogen-bond acceptors (Lipinski definition) is 2. The maximum Gasteiger partial charge on any atom is 0.239 e. The molecule has 1 amide bonds. The number of halogens is 2. The van der Waals surface area contributed by atoms with Gasteiger partial charge in [0.2, 0.25) is 5.91 Å². The Morgan fingerprint density at radius 1 is 1.19 bits per heavy atom. The first-order chi connectivity index (χ1) is 12.8. The van der Waals surface area contributed by atoms with Gasteiger partial charge in [-0.25, -0.2) is 0 Å². The first-order valence-corrected chi connectivity index (χ1v) is 10.8. The lowest BCUT2D eigenvalue weighted by atomic mass is 9.49. The standard InChI is InChI=1S/C20H25Cl2N3OS/c1-25(19(27)23-17-3-2-15(21)7-16(17)22)24-18(26)11-20-8-12-4-13(9-20)6-14(5-12)10-20/h2-3,7,12-14H,4-6,8-11H2,1H3,(H,23,27)(H,24,26). The Balaban J connectivity index is 1.33. The second kappa shape index (κ2) is 7.41. The molecule has 4 bridgehead atoms. The Bertz CT molecular complexity index is 734. The summed E-state index contributed by atoms with van der Waals surface area (Å²) in [6, 6.07) is 5.16. The molecule has 4 aliphatic rings. The molecule has 5 rings (SSSR count). The number of hydrogen-bond donors (Lipinski definition) is 2. The molecule has 4 nitrogen and oxygen atoms in total. The van der Waals surface area contributed by atoms with Crippen molar-refractivity contribution in [1.82, 2.24) is 10.4 Å². The van der Waals surface area contributed by atoms with Gasteiger partial charge >= 0.3 is 0 Å². The van der Waals surface area contributed by atoms with Crippen LogP contribution in [0.2, 0.25) is 10.0 Å². The van der Waals surface area contributed by atoms with Crippen LogP contribution in [0.5, 0.6) is 0 Å². The van der Waals surface area contributed by atoms with Gasteiger partial charge in [-0.3, -0.25) is 15.2 Å². The number of rotatable bonds is 3. The molecule has 27 heavy (non-hydrogen) atoms. The number of nitrogens with zero attached hydrogens (tertiary/aromatic N) is 1. The fourth-order valence-electron chi connectivity index (χ4n) is 5.91. The first-order valence-electron chi connectivity index (χ1n) is 9.61. The molecule has 146 valence electrons. The minimum atomic E-state index is 0.0470. The minimum Gasteiger partial charge on any atom is -0.330 e. The molecule has 0 spiro atoms. The van der Waals surface area contributed by atoms with Crippen LogP contribution < -0.4 is 10.7 Å². The number of amides is 1.